The normalized spacial score (nSPS) is 13.8. The molecule has 0 spiro atoms. The van der Waals surface area contributed by atoms with Gasteiger partial charge in [-0.15, -0.1) is 0 Å². The number of fused-ring (bicyclic) bond motifs is 3. The van der Waals surface area contributed by atoms with Crippen LogP contribution in [0.5, 0.6) is 0 Å². The number of benzene rings is 3. The molecule has 0 bridgehead atoms. The van der Waals surface area contributed by atoms with Crippen molar-refractivity contribution in [1.82, 2.24) is 0 Å². The lowest BCUT2D eigenvalue weighted by atomic mass is 9.84. The Labute approximate surface area is 139 Å². The molecule has 0 amide bonds. The van der Waals surface area contributed by atoms with Crippen molar-refractivity contribution in [3.63, 3.8) is 0 Å². The van der Waals surface area contributed by atoms with Crippen molar-refractivity contribution in [1.29, 1.82) is 0 Å². The van der Waals surface area contributed by atoms with Gasteiger partial charge in [0.05, 0.1) is 0 Å². The number of aryl methyl sites for hydroxylation is 1. The first kappa shape index (κ1) is 13.8. The smallest absolute Gasteiger partial charge is 0.0249 e. The first-order valence-electron chi connectivity index (χ1n) is 7.71. The molecule has 1 heteroatoms. The Morgan fingerprint density at radius 3 is 2.27 bits per heavy atom. The highest BCUT2D eigenvalue weighted by Crippen LogP contribution is 2.40. The average Bonchev–Trinajstić information content (AvgIpc) is 2.60. The average molecular weight is 349 g/mol. The summed E-state index contributed by atoms with van der Waals surface area (Å²) in [5.41, 5.74) is 6.97. The second kappa shape index (κ2) is 5.40. The van der Waals surface area contributed by atoms with Crippen LogP contribution in [0.15, 0.2) is 59.1 Å². The monoisotopic (exact) mass is 348 g/mol. The highest BCUT2D eigenvalue weighted by Gasteiger charge is 2.19. The molecule has 0 aromatic heterocycles. The molecule has 0 saturated heterocycles. The summed E-state index contributed by atoms with van der Waals surface area (Å²) in [7, 11) is 0. The second-order valence-corrected chi connectivity index (χ2v) is 6.71. The standard InChI is InChI=1S/C21H17Br/c1-14-17-9-5-6-10-18(17)20-13-16(11-12-19(20)21(14)22)15-7-3-2-4-8-15/h2-10,13H,11-12H2,1H3. The lowest BCUT2D eigenvalue weighted by Crippen LogP contribution is -2.03. The number of hydrogen-bond acceptors (Lipinski definition) is 0. The molecule has 3 aromatic carbocycles. The molecule has 1 aliphatic rings. The van der Waals surface area contributed by atoms with E-state index in [9.17, 15) is 0 Å². The molecule has 4 rings (SSSR count). The van der Waals surface area contributed by atoms with Gasteiger partial charge in [0.1, 0.15) is 0 Å². The highest BCUT2D eigenvalue weighted by molar-refractivity contribution is 9.10. The molecule has 0 unspecified atom stereocenters. The van der Waals surface area contributed by atoms with Gasteiger partial charge in [0.15, 0.2) is 0 Å². The molecule has 0 heterocycles. The zero-order chi connectivity index (χ0) is 15.1. The molecular formula is C21H17Br. The summed E-state index contributed by atoms with van der Waals surface area (Å²) in [5.74, 6) is 0. The Balaban J connectivity index is 2.00. The van der Waals surface area contributed by atoms with Crippen LogP contribution in [0, 0.1) is 6.92 Å². The summed E-state index contributed by atoms with van der Waals surface area (Å²) in [4.78, 5) is 0. The Hall–Kier alpha value is -1.86. The third-order valence-electron chi connectivity index (χ3n) is 4.65. The lowest BCUT2D eigenvalue weighted by molar-refractivity contribution is 0.994. The third kappa shape index (κ3) is 2.12. The lowest BCUT2D eigenvalue weighted by Gasteiger charge is -2.22. The van der Waals surface area contributed by atoms with Crippen LogP contribution in [-0.4, -0.2) is 0 Å². The van der Waals surface area contributed by atoms with Crippen molar-refractivity contribution >= 4 is 38.4 Å². The molecule has 0 saturated carbocycles. The van der Waals surface area contributed by atoms with Crippen LogP contribution in [0.1, 0.15) is 28.7 Å². The Bertz CT molecular complexity index is 889. The van der Waals surface area contributed by atoms with Crippen molar-refractivity contribution in [3.05, 3.63) is 81.3 Å². The summed E-state index contributed by atoms with van der Waals surface area (Å²) in [6.45, 7) is 2.21. The fourth-order valence-corrected chi connectivity index (χ4v) is 4.09. The number of allylic oxidation sites excluding steroid dienone is 1. The fraction of sp³-hybridized carbons (Fsp3) is 0.143. The van der Waals surface area contributed by atoms with Gasteiger partial charge >= 0.3 is 0 Å². The van der Waals surface area contributed by atoms with E-state index < -0.39 is 0 Å². The Morgan fingerprint density at radius 1 is 0.818 bits per heavy atom. The van der Waals surface area contributed by atoms with E-state index in [1.54, 1.807) is 0 Å². The van der Waals surface area contributed by atoms with Gasteiger partial charge in [0, 0.05) is 4.47 Å². The minimum Gasteiger partial charge on any atom is -0.0622 e. The van der Waals surface area contributed by atoms with E-state index in [1.807, 2.05) is 0 Å². The predicted molar refractivity (Wildman–Crippen MR) is 99.0 cm³/mol. The Kier molecular flexibility index (Phi) is 3.38. The van der Waals surface area contributed by atoms with E-state index in [0.717, 1.165) is 12.8 Å². The summed E-state index contributed by atoms with van der Waals surface area (Å²) < 4.78 is 1.28. The van der Waals surface area contributed by atoms with Crippen molar-refractivity contribution in [2.24, 2.45) is 0 Å². The first-order chi connectivity index (χ1) is 10.8. The van der Waals surface area contributed by atoms with Gasteiger partial charge in [-0.2, -0.15) is 0 Å². The zero-order valence-corrected chi connectivity index (χ0v) is 14.2. The topological polar surface area (TPSA) is 0 Å². The van der Waals surface area contributed by atoms with Gasteiger partial charge in [0.2, 0.25) is 0 Å². The summed E-state index contributed by atoms with van der Waals surface area (Å²) >= 11 is 3.83. The number of rotatable bonds is 1. The van der Waals surface area contributed by atoms with Crippen LogP contribution in [-0.2, 0) is 6.42 Å². The van der Waals surface area contributed by atoms with E-state index in [4.69, 9.17) is 0 Å². The maximum atomic E-state index is 3.83. The van der Waals surface area contributed by atoms with E-state index in [0.29, 0.717) is 0 Å². The van der Waals surface area contributed by atoms with Crippen LogP contribution in [0.4, 0.5) is 0 Å². The van der Waals surface area contributed by atoms with Gasteiger partial charge < -0.3 is 0 Å². The SMILES string of the molecule is Cc1c(Br)c2c(c3ccccc13)C=C(c1ccccc1)CC2. The van der Waals surface area contributed by atoms with E-state index in [-0.39, 0.29) is 0 Å². The van der Waals surface area contributed by atoms with Crippen molar-refractivity contribution in [3.8, 4) is 0 Å². The second-order valence-electron chi connectivity index (χ2n) is 5.91. The molecule has 22 heavy (non-hydrogen) atoms. The van der Waals surface area contributed by atoms with Crippen LogP contribution in [0.3, 0.4) is 0 Å². The molecule has 0 radical (unpaired) electrons. The molecule has 108 valence electrons. The van der Waals surface area contributed by atoms with Gasteiger partial charge in [0.25, 0.3) is 0 Å². The Morgan fingerprint density at radius 2 is 1.50 bits per heavy atom. The summed E-state index contributed by atoms with van der Waals surface area (Å²) in [5, 5.41) is 2.71. The summed E-state index contributed by atoms with van der Waals surface area (Å²) in [6.07, 6.45) is 4.59. The highest BCUT2D eigenvalue weighted by atomic mass is 79.9. The zero-order valence-electron chi connectivity index (χ0n) is 12.6. The largest absolute Gasteiger partial charge is 0.0622 e. The fourth-order valence-electron chi connectivity index (χ4n) is 3.47. The van der Waals surface area contributed by atoms with Crippen LogP contribution in [0.25, 0.3) is 22.4 Å². The third-order valence-corrected chi connectivity index (χ3v) is 5.72. The van der Waals surface area contributed by atoms with Crippen molar-refractivity contribution in [2.75, 3.05) is 0 Å². The van der Waals surface area contributed by atoms with E-state index in [2.05, 4.69) is 83.5 Å². The molecule has 1 aliphatic carbocycles. The van der Waals surface area contributed by atoms with E-state index in [1.165, 1.54) is 43.1 Å². The van der Waals surface area contributed by atoms with Crippen molar-refractivity contribution < 1.29 is 0 Å². The van der Waals surface area contributed by atoms with Gasteiger partial charge in [-0.1, -0.05) is 76.6 Å². The molecule has 0 atom stereocenters. The number of halogens is 1. The minimum absolute atomic E-state index is 1.10. The van der Waals surface area contributed by atoms with E-state index >= 15 is 0 Å². The molecule has 3 aromatic rings. The van der Waals surface area contributed by atoms with Crippen LogP contribution >= 0.6 is 15.9 Å². The number of hydrogen-bond donors (Lipinski definition) is 0. The molecule has 0 aliphatic heterocycles. The van der Waals surface area contributed by atoms with Crippen molar-refractivity contribution in [2.45, 2.75) is 19.8 Å². The molecular weight excluding hydrogens is 332 g/mol. The quantitative estimate of drug-likeness (QED) is 0.477. The summed E-state index contributed by atoms with van der Waals surface area (Å²) in [6, 6.07) is 19.5. The molecule has 0 N–H and O–H groups in total. The minimum atomic E-state index is 1.10. The maximum absolute atomic E-state index is 3.83. The van der Waals surface area contributed by atoms with Crippen LogP contribution < -0.4 is 0 Å². The van der Waals surface area contributed by atoms with Crippen LogP contribution in [0.2, 0.25) is 0 Å². The first-order valence-corrected chi connectivity index (χ1v) is 8.50. The van der Waals surface area contributed by atoms with Gasteiger partial charge in [-0.3, -0.25) is 0 Å². The molecule has 0 fully saturated rings. The maximum Gasteiger partial charge on any atom is 0.0249 e. The molecule has 0 nitrogen and oxygen atoms in total. The predicted octanol–water partition coefficient (Wildman–Crippen LogP) is 6.40. The van der Waals surface area contributed by atoms with Gasteiger partial charge in [-0.05, 0) is 58.4 Å². The van der Waals surface area contributed by atoms with Gasteiger partial charge in [-0.25, -0.2) is 0 Å².